The van der Waals surface area contributed by atoms with Crippen LogP contribution in [0.3, 0.4) is 0 Å². The molecule has 0 atom stereocenters. The highest BCUT2D eigenvalue weighted by atomic mass is 127. The van der Waals surface area contributed by atoms with Crippen LogP contribution in [-0.2, 0) is 23.4 Å². The maximum Gasteiger partial charge on any atom is 0.234 e. The minimum atomic E-state index is 0.0172. The predicted octanol–water partition coefficient (Wildman–Crippen LogP) is 4.03. The number of fused-ring (bicyclic) bond motifs is 1. The van der Waals surface area contributed by atoms with Crippen LogP contribution in [0.5, 0.6) is 0 Å². The first kappa shape index (κ1) is 15.9. The molecule has 1 aromatic heterocycles. The lowest BCUT2D eigenvalue weighted by Gasteiger charge is -2.09. The van der Waals surface area contributed by atoms with Crippen LogP contribution in [0.1, 0.15) is 29.9 Å². The summed E-state index contributed by atoms with van der Waals surface area (Å²) in [5, 5.41) is 7.06. The molecule has 2 aromatic rings. The van der Waals surface area contributed by atoms with E-state index in [0.717, 1.165) is 39.3 Å². The number of carbonyl (C=O) groups excluding carboxylic acids is 1. The number of carbonyl (C=O) groups is 1. The van der Waals surface area contributed by atoms with Gasteiger partial charge in [-0.25, -0.2) is 0 Å². The molecule has 0 bridgehead atoms. The molecular weight excluding hydrogens is 411 g/mol. The largest absolute Gasteiger partial charge is 0.361 e. The number of nitrogens with zero attached hydrogens (tertiary/aromatic N) is 1. The first-order valence-corrected chi connectivity index (χ1v) is 9.55. The maximum absolute atomic E-state index is 11.9. The van der Waals surface area contributed by atoms with Gasteiger partial charge in [0.1, 0.15) is 5.76 Å². The second kappa shape index (κ2) is 7.50. The van der Waals surface area contributed by atoms with Crippen LogP contribution in [0.15, 0.2) is 28.8 Å². The van der Waals surface area contributed by atoms with Crippen molar-refractivity contribution in [1.29, 1.82) is 0 Å². The van der Waals surface area contributed by atoms with Gasteiger partial charge in [-0.05, 0) is 66.1 Å². The van der Waals surface area contributed by atoms with E-state index < -0.39 is 0 Å². The fraction of sp³-hybridized carbons (Fsp3) is 0.375. The molecule has 0 spiro atoms. The number of amides is 1. The topological polar surface area (TPSA) is 55.1 Å². The van der Waals surface area contributed by atoms with E-state index in [1.54, 1.807) is 11.8 Å². The fourth-order valence-electron chi connectivity index (χ4n) is 2.53. The summed E-state index contributed by atoms with van der Waals surface area (Å²) in [4.78, 5) is 11.9. The van der Waals surface area contributed by atoms with Gasteiger partial charge < -0.3 is 9.84 Å². The van der Waals surface area contributed by atoms with Gasteiger partial charge in [0.25, 0.3) is 0 Å². The van der Waals surface area contributed by atoms with Crippen LogP contribution in [0, 0.1) is 3.57 Å². The number of nitrogens with one attached hydrogen (secondary N) is 1. The lowest BCUT2D eigenvalue weighted by Crippen LogP contribution is -2.14. The Balaban J connectivity index is 1.47. The van der Waals surface area contributed by atoms with Crippen molar-refractivity contribution in [3.63, 3.8) is 0 Å². The molecule has 1 aliphatic rings. The van der Waals surface area contributed by atoms with Crippen LogP contribution in [-0.4, -0.2) is 16.8 Å². The van der Waals surface area contributed by atoms with Crippen LogP contribution in [0.2, 0.25) is 0 Å². The van der Waals surface area contributed by atoms with E-state index in [1.807, 2.05) is 24.3 Å². The van der Waals surface area contributed by atoms with Gasteiger partial charge in [-0.3, -0.25) is 4.79 Å². The van der Waals surface area contributed by atoms with Crippen molar-refractivity contribution in [3.8, 4) is 0 Å². The Hall–Kier alpha value is -1.02. The first-order valence-electron chi connectivity index (χ1n) is 7.32. The van der Waals surface area contributed by atoms with Gasteiger partial charge in [-0.2, -0.15) is 0 Å². The molecule has 0 saturated heterocycles. The Labute approximate surface area is 147 Å². The van der Waals surface area contributed by atoms with Crippen molar-refractivity contribution in [2.45, 2.75) is 31.4 Å². The third kappa shape index (κ3) is 4.04. The smallest absolute Gasteiger partial charge is 0.234 e. The van der Waals surface area contributed by atoms with E-state index in [-0.39, 0.29) is 5.91 Å². The third-order valence-corrected chi connectivity index (χ3v) is 5.29. The van der Waals surface area contributed by atoms with Gasteiger partial charge >= 0.3 is 0 Å². The average Bonchev–Trinajstić information content (AvgIpc) is 2.93. The highest BCUT2D eigenvalue weighted by molar-refractivity contribution is 14.1. The van der Waals surface area contributed by atoms with Gasteiger partial charge in [-0.15, -0.1) is 11.8 Å². The second-order valence-electron chi connectivity index (χ2n) is 5.29. The number of hydrogen-bond acceptors (Lipinski definition) is 4. The summed E-state index contributed by atoms with van der Waals surface area (Å²) in [7, 11) is 0. The normalized spacial score (nSPS) is 13.7. The van der Waals surface area contributed by atoms with E-state index in [0.29, 0.717) is 5.75 Å². The molecule has 0 fully saturated rings. The van der Waals surface area contributed by atoms with E-state index in [1.165, 1.54) is 18.4 Å². The summed E-state index contributed by atoms with van der Waals surface area (Å²) in [6, 6.07) is 7.78. The van der Waals surface area contributed by atoms with E-state index in [2.05, 4.69) is 33.1 Å². The summed E-state index contributed by atoms with van der Waals surface area (Å²) >= 11 is 3.82. The zero-order valence-electron chi connectivity index (χ0n) is 12.1. The Morgan fingerprint density at radius 3 is 2.86 bits per heavy atom. The molecule has 1 aliphatic carbocycles. The Morgan fingerprint density at radius 2 is 2.05 bits per heavy atom. The molecule has 1 heterocycles. The van der Waals surface area contributed by atoms with Crippen LogP contribution < -0.4 is 5.32 Å². The van der Waals surface area contributed by atoms with Gasteiger partial charge in [0.05, 0.1) is 11.4 Å². The standard InChI is InChI=1S/C16H17IN2O2S/c17-11-5-7-12(8-6-11)18-16(20)10-22-9-14-13-3-1-2-4-15(13)21-19-14/h5-8H,1-4,9-10H2,(H,18,20). The number of aromatic nitrogens is 1. The molecule has 0 saturated carbocycles. The van der Waals surface area contributed by atoms with Crippen LogP contribution in [0.4, 0.5) is 5.69 Å². The van der Waals surface area contributed by atoms with Crippen molar-refractivity contribution in [2.75, 3.05) is 11.1 Å². The minimum absolute atomic E-state index is 0.0172. The molecule has 6 heteroatoms. The van der Waals surface area contributed by atoms with Crippen molar-refractivity contribution >= 4 is 45.9 Å². The van der Waals surface area contributed by atoms with Crippen molar-refractivity contribution in [3.05, 3.63) is 44.9 Å². The Morgan fingerprint density at radius 1 is 1.27 bits per heavy atom. The van der Waals surface area contributed by atoms with Crippen molar-refractivity contribution < 1.29 is 9.32 Å². The summed E-state index contributed by atoms with van der Waals surface area (Å²) in [5.74, 6) is 2.22. The highest BCUT2D eigenvalue weighted by Crippen LogP contribution is 2.26. The Kier molecular flexibility index (Phi) is 5.41. The molecule has 0 aliphatic heterocycles. The number of rotatable bonds is 5. The molecular formula is C16H17IN2O2S. The fourth-order valence-corrected chi connectivity index (χ4v) is 3.67. The van der Waals surface area contributed by atoms with Crippen LogP contribution in [0.25, 0.3) is 0 Å². The predicted molar refractivity (Wildman–Crippen MR) is 97.1 cm³/mol. The summed E-state index contributed by atoms with van der Waals surface area (Å²) in [6.07, 6.45) is 4.45. The molecule has 1 aromatic carbocycles. The second-order valence-corrected chi connectivity index (χ2v) is 7.52. The summed E-state index contributed by atoms with van der Waals surface area (Å²) < 4.78 is 6.54. The minimum Gasteiger partial charge on any atom is -0.361 e. The highest BCUT2D eigenvalue weighted by Gasteiger charge is 2.19. The number of hydrogen-bond donors (Lipinski definition) is 1. The number of halogens is 1. The van der Waals surface area contributed by atoms with Gasteiger partial charge in [0, 0.05) is 27.0 Å². The zero-order chi connectivity index (χ0) is 15.4. The SMILES string of the molecule is O=C(CSCc1noc2c1CCCC2)Nc1ccc(I)cc1. The molecule has 3 rings (SSSR count). The molecule has 1 amide bonds. The Bertz CT molecular complexity index is 655. The van der Waals surface area contributed by atoms with E-state index in [4.69, 9.17) is 4.52 Å². The van der Waals surface area contributed by atoms with Gasteiger partial charge in [-0.1, -0.05) is 5.16 Å². The van der Waals surface area contributed by atoms with Crippen molar-refractivity contribution in [2.24, 2.45) is 0 Å². The molecule has 4 nitrogen and oxygen atoms in total. The molecule has 1 N–H and O–H groups in total. The molecule has 22 heavy (non-hydrogen) atoms. The van der Waals surface area contributed by atoms with Gasteiger partial charge in [0.15, 0.2) is 0 Å². The van der Waals surface area contributed by atoms with E-state index >= 15 is 0 Å². The number of anilines is 1. The molecule has 0 radical (unpaired) electrons. The lowest BCUT2D eigenvalue weighted by molar-refractivity contribution is -0.113. The first-order chi connectivity index (χ1) is 10.7. The summed E-state index contributed by atoms with van der Waals surface area (Å²) in [6.45, 7) is 0. The van der Waals surface area contributed by atoms with Crippen molar-refractivity contribution in [1.82, 2.24) is 5.16 Å². The number of aryl methyl sites for hydroxylation is 1. The third-order valence-electron chi connectivity index (χ3n) is 3.63. The number of benzene rings is 1. The monoisotopic (exact) mass is 428 g/mol. The van der Waals surface area contributed by atoms with Gasteiger partial charge in [0.2, 0.25) is 5.91 Å². The summed E-state index contributed by atoms with van der Waals surface area (Å²) in [5.41, 5.74) is 3.13. The quantitative estimate of drug-likeness (QED) is 0.731. The average molecular weight is 428 g/mol. The molecule has 116 valence electrons. The zero-order valence-corrected chi connectivity index (χ0v) is 15.1. The lowest BCUT2D eigenvalue weighted by atomic mass is 9.97. The van der Waals surface area contributed by atoms with E-state index in [9.17, 15) is 4.79 Å². The maximum atomic E-state index is 11.9. The number of thioether (sulfide) groups is 1. The van der Waals surface area contributed by atoms with Crippen LogP contribution >= 0.6 is 34.4 Å². The molecule has 0 unspecified atom stereocenters.